The van der Waals surface area contributed by atoms with Gasteiger partial charge in [-0.3, -0.25) is 4.90 Å². The number of nitrogens with one attached hydrogen (secondary N) is 1. The molecule has 1 N–H and O–H groups in total. The van der Waals surface area contributed by atoms with Crippen molar-refractivity contribution in [3.63, 3.8) is 0 Å². The van der Waals surface area contributed by atoms with E-state index in [9.17, 15) is 4.39 Å². The van der Waals surface area contributed by atoms with Gasteiger partial charge in [0.1, 0.15) is 5.82 Å². The van der Waals surface area contributed by atoms with Gasteiger partial charge in [-0.15, -0.1) is 0 Å². The highest BCUT2D eigenvalue weighted by molar-refractivity contribution is 9.10. The van der Waals surface area contributed by atoms with E-state index in [1.807, 2.05) is 6.07 Å². The Morgan fingerprint density at radius 3 is 2.55 bits per heavy atom. The summed E-state index contributed by atoms with van der Waals surface area (Å²) in [6, 6.07) is 7.34. The van der Waals surface area contributed by atoms with E-state index < -0.39 is 0 Å². The number of hydrogen-bond donors (Lipinski definition) is 1. The van der Waals surface area contributed by atoms with Crippen molar-refractivity contribution in [2.75, 3.05) is 7.05 Å². The zero-order chi connectivity index (χ0) is 14.3. The SMILES string of the molecule is CC(c1ccc(F)cc1Br)N(C)C1CC2CCC(C1)N2. The summed E-state index contributed by atoms with van der Waals surface area (Å²) in [5, 5.41) is 3.69. The minimum absolute atomic E-state index is 0.185. The largest absolute Gasteiger partial charge is 0.311 e. The number of hydrogen-bond acceptors (Lipinski definition) is 2. The number of nitrogens with zero attached hydrogens (tertiary/aromatic N) is 1. The van der Waals surface area contributed by atoms with Crippen molar-refractivity contribution in [2.45, 2.75) is 56.8 Å². The highest BCUT2D eigenvalue weighted by Crippen LogP contribution is 2.34. The van der Waals surface area contributed by atoms with Crippen molar-refractivity contribution < 1.29 is 4.39 Å². The Morgan fingerprint density at radius 1 is 1.30 bits per heavy atom. The molecule has 110 valence electrons. The van der Waals surface area contributed by atoms with Gasteiger partial charge in [0.25, 0.3) is 0 Å². The number of benzene rings is 1. The molecule has 0 saturated carbocycles. The Bertz CT molecular complexity index is 481. The fourth-order valence-electron chi connectivity index (χ4n) is 3.74. The van der Waals surface area contributed by atoms with Crippen LogP contribution < -0.4 is 5.32 Å². The molecule has 2 fully saturated rings. The highest BCUT2D eigenvalue weighted by Gasteiger charge is 2.36. The van der Waals surface area contributed by atoms with Gasteiger partial charge in [-0.25, -0.2) is 4.39 Å². The molecule has 2 heterocycles. The summed E-state index contributed by atoms with van der Waals surface area (Å²) in [6.45, 7) is 2.21. The molecule has 20 heavy (non-hydrogen) atoms. The Labute approximate surface area is 128 Å². The second kappa shape index (κ2) is 5.74. The first-order valence-corrected chi connectivity index (χ1v) is 8.27. The van der Waals surface area contributed by atoms with Gasteiger partial charge in [-0.2, -0.15) is 0 Å². The maximum absolute atomic E-state index is 13.2. The molecule has 0 aliphatic carbocycles. The Morgan fingerprint density at radius 2 is 1.95 bits per heavy atom. The fraction of sp³-hybridized carbons (Fsp3) is 0.625. The van der Waals surface area contributed by atoms with Crippen molar-refractivity contribution in [3.05, 3.63) is 34.1 Å². The lowest BCUT2D eigenvalue weighted by Crippen LogP contribution is -2.47. The van der Waals surface area contributed by atoms with Gasteiger partial charge in [-0.1, -0.05) is 22.0 Å². The van der Waals surface area contributed by atoms with Crippen LogP contribution in [0.1, 0.15) is 44.2 Å². The summed E-state index contributed by atoms with van der Waals surface area (Å²) in [7, 11) is 2.20. The Kier molecular flexibility index (Phi) is 4.16. The summed E-state index contributed by atoms with van der Waals surface area (Å²) >= 11 is 3.50. The highest BCUT2D eigenvalue weighted by atomic mass is 79.9. The van der Waals surface area contributed by atoms with Crippen LogP contribution in [0.4, 0.5) is 4.39 Å². The van der Waals surface area contributed by atoms with Crippen LogP contribution >= 0.6 is 15.9 Å². The third kappa shape index (κ3) is 2.78. The lowest BCUT2D eigenvalue weighted by atomic mass is 9.96. The minimum atomic E-state index is -0.185. The third-order valence-corrected chi connectivity index (χ3v) is 5.73. The van der Waals surface area contributed by atoms with E-state index in [4.69, 9.17) is 0 Å². The van der Waals surface area contributed by atoms with Crippen LogP contribution in [0.2, 0.25) is 0 Å². The second-order valence-corrected chi connectivity index (χ2v) is 7.12. The van der Waals surface area contributed by atoms with Crippen LogP contribution in [-0.4, -0.2) is 30.1 Å². The van der Waals surface area contributed by atoms with E-state index in [1.54, 1.807) is 12.1 Å². The summed E-state index contributed by atoms with van der Waals surface area (Å²) in [4.78, 5) is 2.46. The quantitative estimate of drug-likeness (QED) is 0.898. The molecule has 1 aromatic rings. The molecule has 0 aromatic heterocycles. The van der Waals surface area contributed by atoms with Gasteiger partial charge in [0, 0.05) is 28.6 Å². The Hall–Kier alpha value is -0.450. The molecule has 4 heteroatoms. The lowest BCUT2D eigenvalue weighted by Gasteiger charge is -2.39. The van der Waals surface area contributed by atoms with Gasteiger partial charge in [0.15, 0.2) is 0 Å². The smallest absolute Gasteiger partial charge is 0.124 e. The van der Waals surface area contributed by atoms with Crippen LogP contribution in [0.5, 0.6) is 0 Å². The lowest BCUT2D eigenvalue weighted by molar-refractivity contribution is 0.132. The fourth-order valence-corrected chi connectivity index (χ4v) is 4.42. The Balaban J connectivity index is 1.74. The normalized spacial score (nSPS) is 30.8. The van der Waals surface area contributed by atoms with Crippen molar-refractivity contribution in [1.29, 1.82) is 0 Å². The monoisotopic (exact) mass is 340 g/mol. The molecule has 3 unspecified atom stereocenters. The number of rotatable bonds is 3. The van der Waals surface area contributed by atoms with Crippen molar-refractivity contribution in [3.8, 4) is 0 Å². The van der Waals surface area contributed by atoms with E-state index in [0.717, 1.165) is 4.47 Å². The molecule has 0 radical (unpaired) electrons. The molecule has 2 bridgehead atoms. The summed E-state index contributed by atoms with van der Waals surface area (Å²) in [6.07, 6.45) is 5.11. The molecule has 1 aromatic carbocycles. The molecule has 2 aliphatic heterocycles. The molecule has 3 atom stereocenters. The van der Waals surface area contributed by atoms with Crippen LogP contribution in [0.15, 0.2) is 22.7 Å². The first-order chi connectivity index (χ1) is 9.54. The molecular formula is C16H22BrFN2. The van der Waals surface area contributed by atoms with Crippen molar-refractivity contribution in [2.24, 2.45) is 0 Å². The summed E-state index contributed by atoms with van der Waals surface area (Å²) < 4.78 is 14.1. The van der Waals surface area contributed by atoms with Crippen LogP contribution in [0.3, 0.4) is 0 Å². The van der Waals surface area contributed by atoms with E-state index in [0.29, 0.717) is 24.2 Å². The molecule has 2 saturated heterocycles. The van der Waals surface area contributed by atoms with Crippen LogP contribution in [0, 0.1) is 5.82 Å². The van der Waals surface area contributed by atoms with Crippen molar-refractivity contribution in [1.82, 2.24) is 10.2 Å². The van der Waals surface area contributed by atoms with Gasteiger partial charge in [0.2, 0.25) is 0 Å². The summed E-state index contributed by atoms with van der Waals surface area (Å²) in [5.41, 5.74) is 1.17. The standard InChI is InChI=1S/C16H22BrFN2/c1-10(15-6-3-11(18)7-16(15)17)20(2)14-8-12-4-5-13(9-14)19-12/h3,6-7,10,12-14,19H,4-5,8-9H2,1-2H3. The third-order valence-electron chi connectivity index (χ3n) is 5.05. The van der Waals surface area contributed by atoms with Gasteiger partial charge in [0.05, 0.1) is 0 Å². The molecule has 2 nitrogen and oxygen atoms in total. The predicted molar refractivity (Wildman–Crippen MR) is 83.2 cm³/mol. The van der Waals surface area contributed by atoms with E-state index in [2.05, 4.69) is 40.1 Å². The van der Waals surface area contributed by atoms with Crippen LogP contribution in [-0.2, 0) is 0 Å². The van der Waals surface area contributed by atoms with E-state index in [1.165, 1.54) is 31.2 Å². The molecule has 0 spiro atoms. The maximum atomic E-state index is 13.2. The predicted octanol–water partition coefficient (Wildman–Crippen LogP) is 3.86. The zero-order valence-corrected chi connectivity index (χ0v) is 13.7. The first-order valence-electron chi connectivity index (χ1n) is 7.47. The molecule has 2 aliphatic rings. The average Bonchev–Trinajstić information content (AvgIpc) is 2.76. The molecular weight excluding hydrogens is 319 g/mol. The number of piperidine rings is 1. The maximum Gasteiger partial charge on any atom is 0.124 e. The van der Waals surface area contributed by atoms with Gasteiger partial charge >= 0.3 is 0 Å². The zero-order valence-electron chi connectivity index (χ0n) is 12.1. The molecule has 0 amide bonds. The van der Waals surface area contributed by atoms with Crippen LogP contribution in [0.25, 0.3) is 0 Å². The number of halogens is 2. The average molecular weight is 341 g/mol. The molecule has 3 rings (SSSR count). The van der Waals surface area contributed by atoms with Crippen molar-refractivity contribution >= 4 is 15.9 Å². The summed E-state index contributed by atoms with van der Waals surface area (Å²) in [5.74, 6) is -0.185. The second-order valence-electron chi connectivity index (χ2n) is 6.27. The van der Waals surface area contributed by atoms with Gasteiger partial charge < -0.3 is 5.32 Å². The van der Waals surface area contributed by atoms with E-state index in [-0.39, 0.29) is 5.82 Å². The van der Waals surface area contributed by atoms with Gasteiger partial charge in [-0.05, 0) is 57.4 Å². The van der Waals surface area contributed by atoms with E-state index >= 15 is 0 Å². The minimum Gasteiger partial charge on any atom is -0.311 e. The number of fused-ring (bicyclic) bond motifs is 2. The first kappa shape index (κ1) is 14.5. The topological polar surface area (TPSA) is 15.3 Å².